The molecule has 0 aliphatic rings. The third-order valence-corrected chi connectivity index (χ3v) is 4.58. The van der Waals surface area contributed by atoms with Crippen molar-refractivity contribution in [1.82, 2.24) is 0 Å². The van der Waals surface area contributed by atoms with Gasteiger partial charge in [-0.3, -0.25) is 0 Å². The summed E-state index contributed by atoms with van der Waals surface area (Å²) in [5, 5.41) is 0. The molecule has 0 radical (unpaired) electrons. The molecule has 0 saturated carbocycles. The Labute approximate surface area is 92.0 Å². The first-order valence-electron chi connectivity index (χ1n) is 4.84. The van der Waals surface area contributed by atoms with Crippen LogP contribution in [-0.2, 0) is 9.53 Å². The van der Waals surface area contributed by atoms with E-state index in [9.17, 15) is 4.79 Å². The Hall–Kier alpha value is -0.283. The maximum Gasteiger partial charge on any atom is 0.333 e. The molecule has 0 fully saturated rings. The molecule has 0 rings (SSSR count). The zero-order valence-corrected chi connectivity index (χ0v) is 11.1. The van der Waals surface area contributed by atoms with E-state index < -0.39 is 7.38 Å². The molecule has 0 amide bonds. The van der Waals surface area contributed by atoms with Gasteiger partial charge >= 0.3 is 5.97 Å². The molecule has 0 aromatic carbocycles. The first-order valence-corrected chi connectivity index (χ1v) is 8.93. The summed E-state index contributed by atoms with van der Waals surface area (Å²) in [6, 6.07) is 0. The van der Waals surface area contributed by atoms with Crippen LogP contribution in [0.3, 0.4) is 0 Å². The van der Waals surface area contributed by atoms with Crippen LogP contribution in [0.5, 0.6) is 0 Å². The fourth-order valence-electron chi connectivity index (χ4n) is 1.03. The highest BCUT2D eigenvalue weighted by atomic mass is 35.6. The number of hydrogen-bond acceptors (Lipinski definition) is 2. The molecule has 0 aliphatic heterocycles. The van der Waals surface area contributed by atoms with Crippen molar-refractivity contribution < 1.29 is 9.53 Å². The third-order valence-electron chi connectivity index (χ3n) is 1.91. The number of hydrogen-bond donors (Lipinski definition) is 0. The Kier molecular flexibility index (Phi) is 5.45. The van der Waals surface area contributed by atoms with Crippen molar-refractivity contribution in [3.8, 4) is 0 Å². The fraction of sp³-hybridized carbons (Fsp3) is 0.700. The summed E-state index contributed by atoms with van der Waals surface area (Å²) in [4.78, 5) is 11.3. The van der Waals surface area contributed by atoms with E-state index in [1.165, 1.54) is 0 Å². The second-order valence-corrected chi connectivity index (χ2v) is 10.7. The molecule has 0 aliphatic carbocycles. The van der Waals surface area contributed by atoms with Crippen molar-refractivity contribution in [2.24, 2.45) is 0 Å². The smallest absolute Gasteiger partial charge is 0.333 e. The van der Waals surface area contributed by atoms with Crippen LogP contribution in [0.25, 0.3) is 0 Å². The predicted molar refractivity (Wildman–Crippen MR) is 62.9 cm³/mol. The number of carbonyl (C=O) groups excluding carboxylic acids is 1. The molecule has 0 aromatic rings. The van der Waals surface area contributed by atoms with E-state index in [1.54, 1.807) is 6.92 Å². The van der Waals surface area contributed by atoms with Crippen LogP contribution in [0, 0.1) is 0 Å². The molecule has 14 heavy (non-hydrogen) atoms. The van der Waals surface area contributed by atoms with Gasteiger partial charge < -0.3 is 4.74 Å². The molecule has 4 heteroatoms. The van der Waals surface area contributed by atoms with Gasteiger partial charge in [-0.25, -0.2) is 4.79 Å². The molecule has 0 spiro atoms. The van der Waals surface area contributed by atoms with Gasteiger partial charge in [0.15, 0.2) is 7.38 Å². The maximum absolute atomic E-state index is 11.3. The fourth-order valence-corrected chi connectivity index (χ4v) is 2.86. The number of halogens is 1. The summed E-state index contributed by atoms with van der Waals surface area (Å²) in [6.07, 6.45) is 1.80. The van der Waals surface area contributed by atoms with Gasteiger partial charge in [0.25, 0.3) is 0 Å². The summed E-state index contributed by atoms with van der Waals surface area (Å²) in [5.41, 5.74) is 0.319. The topological polar surface area (TPSA) is 26.3 Å². The van der Waals surface area contributed by atoms with Gasteiger partial charge in [0, 0.05) is 5.57 Å². The van der Waals surface area contributed by atoms with Crippen LogP contribution >= 0.6 is 11.1 Å². The standard InChI is InChI=1S/C10H19ClO2Si/c1-6-7-9(14(4,5)11)13-10(12)8(2)3/h9H,2,6-7H2,1,3-5H3. The van der Waals surface area contributed by atoms with Gasteiger partial charge in [0.2, 0.25) is 0 Å². The van der Waals surface area contributed by atoms with Gasteiger partial charge in [-0.15, -0.1) is 0 Å². The summed E-state index contributed by atoms with van der Waals surface area (Å²) in [6.45, 7) is 11.2. The van der Waals surface area contributed by atoms with E-state index in [0.717, 1.165) is 12.8 Å². The van der Waals surface area contributed by atoms with E-state index in [0.29, 0.717) is 5.57 Å². The van der Waals surface area contributed by atoms with E-state index in [-0.39, 0.29) is 11.7 Å². The maximum atomic E-state index is 11.3. The molecule has 0 saturated heterocycles. The van der Waals surface area contributed by atoms with E-state index in [2.05, 4.69) is 13.5 Å². The Morgan fingerprint density at radius 2 is 2.07 bits per heavy atom. The van der Waals surface area contributed by atoms with Crippen LogP contribution in [-0.4, -0.2) is 19.1 Å². The molecule has 82 valence electrons. The van der Waals surface area contributed by atoms with Crippen LogP contribution < -0.4 is 0 Å². The SMILES string of the molecule is C=C(C)C(=O)OC(CCC)[Si](C)(C)Cl. The second kappa shape index (κ2) is 5.56. The lowest BCUT2D eigenvalue weighted by atomic mass is 10.3. The summed E-state index contributed by atoms with van der Waals surface area (Å²) >= 11 is 6.26. The Morgan fingerprint density at radius 3 is 2.36 bits per heavy atom. The van der Waals surface area contributed by atoms with Crippen LogP contribution in [0.4, 0.5) is 0 Å². The first kappa shape index (κ1) is 13.7. The van der Waals surface area contributed by atoms with Crippen molar-refractivity contribution in [3.63, 3.8) is 0 Å². The average Bonchev–Trinajstić information content (AvgIpc) is 2.01. The van der Waals surface area contributed by atoms with Gasteiger partial charge in [-0.2, -0.15) is 11.1 Å². The van der Waals surface area contributed by atoms with Crippen molar-refractivity contribution in [3.05, 3.63) is 12.2 Å². The molecule has 0 heterocycles. The van der Waals surface area contributed by atoms with Gasteiger partial charge in [0.1, 0.15) is 5.73 Å². The summed E-state index contributed by atoms with van der Waals surface area (Å²) in [7, 11) is -1.93. The largest absolute Gasteiger partial charge is 0.461 e. The Bertz CT molecular complexity index is 221. The summed E-state index contributed by atoms with van der Waals surface area (Å²) in [5.74, 6) is -0.329. The highest BCUT2D eigenvalue weighted by molar-refractivity contribution is 7.19. The highest BCUT2D eigenvalue weighted by Crippen LogP contribution is 2.21. The lowest BCUT2D eigenvalue weighted by molar-refractivity contribution is -0.141. The van der Waals surface area contributed by atoms with Crippen molar-refractivity contribution in [2.45, 2.75) is 45.5 Å². The van der Waals surface area contributed by atoms with Crippen LogP contribution in [0.15, 0.2) is 12.2 Å². The number of rotatable bonds is 5. The minimum Gasteiger partial charge on any atom is -0.461 e. The minimum absolute atomic E-state index is 0.113. The number of ether oxygens (including phenoxy) is 1. The molecule has 1 atom stereocenters. The molecule has 0 N–H and O–H groups in total. The van der Waals surface area contributed by atoms with E-state index >= 15 is 0 Å². The quantitative estimate of drug-likeness (QED) is 0.316. The zero-order valence-electron chi connectivity index (χ0n) is 9.39. The monoisotopic (exact) mass is 234 g/mol. The Morgan fingerprint density at radius 1 is 1.57 bits per heavy atom. The third kappa shape index (κ3) is 4.82. The highest BCUT2D eigenvalue weighted by Gasteiger charge is 2.32. The molecule has 0 bridgehead atoms. The van der Waals surface area contributed by atoms with Crippen molar-refractivity contribution in [1.29, 1.82) is 0 Å². The molecule has 1 unspecified atom stereocenters. The normalized spacial score (nSPS) is 13.5. The molecular formula is C10H19ClO2Si. The van der Waals surface area contributed by atoms with Crippen LogP contribution in [0.1, 0.15) is 26.7 Å². The number of carbonyl (C=O) groups is 1. The first-order chi connectivity index (χ1) is 6.29. The minimum atomic E-state index is -1.93. The average molecular weight is 235 g/mol. The lowest BCUT2D eigenvalue weighted by Crippen LogP contribution is -2.39. The van der Waals surface area contributed by atoms with Crippen LogP contribution in [0.2, 0.25) is 13.1 Å². The van der Waals surface area contributed by atoms with Gasteiger partial charge in [0.05, 0.1) is 0 Å². The summed E-state index contributed by atoms with van der Waals surface area (Å²) < 4.78 is 5.31. The number of esters is 1. The molecule has 0 aromatic heterocycles. The lowest BCUT2D eigenvalue weighted by Gasteiger charge is -2.26. The van der Waals surface area contributed by atoms with E-state index in [1.807, 2.05) is 13.1 Å². The van der Waals surface area contributed by atoms with Gasteiger partial charge in [-0.1, -0.05) is 33.0 Å². The predicted octanol–water partition coefficient (Wildman–Crippen LogP) is 3.26. The van der Waals surface area contributed by atoms with Crippen molar-refractivity contribution in [2.75, 3.05) is 0 Å². The zero-order chi connectivity index (χ0) is 11.4. The van der Waals surface area contributed by atoms with Gasteiger partial charge in [-0.05, 0) is 13.3 Å². The molecule has 2 nitrogen and oxygen atoms in total. The second-order valence-electron chi connectivity index (χ2n) is 4.03. The molecular weight excluding hydrogens is 216 g/mol. The van der Waals surface area contributed by atoms with Crippen molar-refractivity contribution >= 4 is 24.4 Å². The van der Waals surface area contributed by atoms with E-state index in [4.69, 9.17) is 15.8 Å². The Balaban J connectivity index is 4.38.